The van der Waals surface area contributed by atoms with Crippen molar-refractivity contribution in [3.05, 3.63) is 0 Å². The van der Waals surface area contributed by atoms with Crippen LogP contribution in [0.4, 0.5) is 0 Å². The molecule has 0 bridgehead atoms. The second-order valence-corrected chi connectivity index (χ2v) is 4.58. The van der Waals surface area contributed by atoms with Crippen LogP contribution in [0.3, 0.4) is 0 Å². The number of carbonyl (C=O) groups excluding carboxylic acids is 1. The van der Waals surface area contributed by atoms with Crippen molar-refractivity contribution >= 4 is 5.91 Å². The first-order valence-corrected chi connectivity index (χ1v) is 6.41. The maximum atomic E-state index is 10.9. The molecule has 1 N–H and O–H groups in total. The molecule has 1 aliphatic heterocycles. The van der Waals surface area contributed by atoms with Gasteiger partial charge in [0.2, 0.25) is 5.91 Å². The Morgan fingerprint density at radius 1 is 1.24 bits per heavy atom. The highest BCUT2D eigenvalue weighted by molar-refractivity contribution is 5.76. The molecule has 0 aromatic carbocycles. The number of carbonyl (C=O) groups is 1. The van der Waals surface area contributed by atoms with Gasteiger partial charge >= 0.3 is 0 Å². The summed E-state index contributed by atoms with van der Waals surface area (Å²) in [6, 6.07) is 0. The van der Waals surface area contributed by atoms with Crippen molar-refractivity contribution < 1.29 is 9.53 Å². The SMILES string of the molecule is CNC(=O)COCCCCN1CCN(C)CC1. The molecule has 1 aliphatic rings. The van der Waals surface area contributed by atoms with Gasteiger partial charge in [0.05, 0.1) is 0 Å². The van der Waals surface area contributed by atoms with Gasteiger partial charge in [0.25, 0.3) is 0 Å². The topological polar surface area (TPSA) is 44.8 Å². The number of hydrogen-bond acceptors (Lipinski definition) is 4. The molecular weight excluding hydrogens is 218 g/mol. The summed E-state index contributed by atoms with van der Waals surface area (Å²) in [5, 5.41) is 2.53. The average molecular weight is 243 g/mol. The summed E-state index contributed by atoms with van der Waals surface area (Å²) >= 11 is 0. The van der Waals surface area contributed by atoms with E-state index >= 15 is 0 Å². The van der Waals surface area contributed by atoms with Crippen LogP contribution in [0.15, 0.2) is 0 Å². The highest BCUT2D eigenvalue weighted by atomic mass is 16.5. The molecule has 0 unspecified atom stereocenters. The van der Waals surface area contributed by atoms with E-state index in [2.05, 4.69) is 22.2 Å². The molecule has 0 atom stereocenters. The van der Waals surface area contributed by atoms with Gasteiger partial charge < -0.3 is 19.9 Å². The van der Waals surface area contributed by atoms with E-state index in [9.17, 15) is 4.79 Å². The largest absolute Gasteiger partial charge is 0.372 e. The van der Waals surface area contributed by atoms with Gasteiger partial charge in [0.15, 0.2) is 0 Å². The van der Waals surface area contributed by atoms with Crippen LogP contribution in [0.5, 0.6) is 0 Å². The Morgan fingerprint density at radius 3 is 2.59 bits per heavy atom. The number of amides is 1. The first-order chi connectivity index (χ1) is 8.22. The number of likely N-dealkylation sites (N-methyl/N-ethyl adjacent to an activating group) is 2. The number of nitrogens with zero attached hydrogens (tertiary/aromatic N) is 2. The van der Waals surface area contributed by atoms with Crippen molar-refractivity contribution in [2.24, 2.45) is 0 Å². The van der Waals surface area contributed by atoms with E-state index in [1.54, 1.807) is 7.05 Å². The highest BCUT2D eigenvalue weighted by Crippen LogP contribution is 2.01. The Bertz CT molecular complexity index is 216. The first-order valence-electron chi connectivity index (χ1n) is 6.41. The van der Waals surface area contributed by atoms with E-state index in [1.807, 2.05) is 0 Å². The third-order valence-corrected chi connectivity index (χ3v) is 3.12. The van der Waals surface area contributed by atoms with Gasteiger partial charge in [0, 0.05) is 39.8 Å². The molecule has 1 fully saturated rings. The molecule has 1 saturated heterocycles. The fourth-order valence-electron chi connectivity index (χ4n) is 1.85. The van der Waals surface area contributed by atoms with E-state index in [0.717, 1.165) is 19.4 Å². The van der Waals surface area contributed by atoms with E-state index in [0.29, 0.717) is 6.61 Å². The van der Waals surface area contributed by atoms with Crippen molar-refractivity contribution in [3.63, 3.8) is 0 Å². The van der Waals surface area contributed by atoms with Crippen LogP contribution in [-0.2, 0) is 9.53 Å². The standard InChI is InChI=1S/C12H25N3O2/c1-13-12(16)11-17-10-4-3-5-15-8-6-14(2)7-9-15/h3-11H2,1-2H3,(H,13,16). The van der Waals surface area contributed by atoms with E-state index in [1.165, 1.54) is 26.2 Å². The minimum atomic E-state index is -0.0518. The van der Waals surface area contributed by atoms with E-state index in [4.69, 9.17) is 4.74 Å². The van der Waals surface area contributed by atoms with E-state index < -0.39 is 0 Å². The molecule has 1 rings (SSSR count). The normalized spacial score (nSPS) is 18.2. The quantitative estimate of drug-likeness (QED) is 0.628. The summed E-state index contributed by atoms with van der Waals surface area (Å²) in [6.07, 6.45) is 2.18. The van der Waals surface area contributed by atoms with Crippen LogP contribution in [0.1, 0.15) is 12.8 Å². The smallest absolute Gasteiger partial charge is 0.245 e. The van der Waals surface area contributed by atoms with Crippen molar-refractivity contribution in [1.29, 1.82) is 0 Å². The lowest BCUT2D eigenvalue weighted by Gasteiger charge is -2.32. The zero-order valence-corrected chi connectivity index (χ0v) is 11.1. The van der Waals surface area contributed by atoms with Gasteiger partial charge in [0.1, 0.15) is 6.61 Å². The van der Waals surface area contributed by atoms with Gasteiger partial charge in [-0.3, -0.25) is 4.79 Å². The molecule has 0 radical (unpaired) electrons. The minimum Gasteiger partial charge on any atom is -0.372 e. The average Bonchev–Trinajstić information content (AvgIpc) is 2.35. The van der Waals surface area contributed by atoms with Crippen molar-refractivity contribution in [3.8, 4) is 0 Å². The molecule has 0 aliphatic carbocycles. The van der Waals surface area contributed by atoms with E-state index in [-0.39, 0.29) is 12.5 Å². The minimum absolute atomic E-state index is 0.0518. The Labute approximate surface area is 104 Å². The van der Waals surface area contributed by atoms with Crippen molar-refractivity contribution in [2.75, 3.05) is 60.0 Å². The predicted octanol–water partition coefficient (Wildman–Crippen LogP) is -0.223. The highest BCUT2D eigenvalue weighted by Gasteiger charge is 2.12. The monoisotopic (exact) mass is 243 g/mol. The van der Waals surface area contributed by atoms with Crippen LogP contribution in [-0.4, -0.2) is 75.7 Å². The third kappa shape index (κ3) is 6.61. The Morgan fingerprint density at radius 2 is 1.94 bits per heavy atom. The molecule has 5 nitrogen and oxygen atoms in total. The molecule has 0 aromatic heterocycles. The second-order valence-electron chi connectivity index (χ2n) is 4.58. The summed E-state index contributed by atoms with van der Waals surface area (Å²) < 4.78 is 5.25. The zero-order chi connectivity index (χ0) is 12.5. The number of nitrogens with one attached hydrogen (secondary N) is 1. The number of ether oxygens (including phenoxy) is 1. The Balaban J connectivity index is 1.89. The van der Waals surface area contributed by atoms with Crippen LogP contribution in [0.25, 0.3) is 0 Å². The molecule has 0 saturated carbocycles. The number of piperazine rings is 1. The maximum absolute atomic E-state index is 10.9. The van der Waals surface area contributed by atoms with Crippen LogP contribution in [0, 0.1) is 0 Å². The van der Waals surface area contributed by atoms with Crippen molar-refractivity contribution in [1.82, 2.24) is 15.1 Å². The fraction of sp³-hybridized carbons (Fsp3) is 0.917. The maximum Gasteiger partial charge on any atom is 0.245 e. The fourth-order valence-corrected chi connectivity index (χ4v) is 1.85. The van der Waals surface area contributed by atoms with Crippen molar-refractivity contribution in [2.45, 2.75) is 12.8 Å². The molecule has 17 heavy (non-hydrogen) atoms. The summed E-state index contributed by atoms with van der Waals surface area (Å²) in [5.74, 6) is -0.0518. The van der Waals surface area contributed by atoms with Gasteiger partial charge in [-0.2, -0.15) is 0 Å². The first kappa shape index (κ1) is 14.4. The zero-order valence-electron chi connectivity index (χ0n) is 11.1. The lowest BCUT2D eigenvalue weighted by molar-refractivity contribution is -0.125. The summed E-state index contributed by atoms with van der Waals surface area (Å²) in [6.45, 7) is 6.72. The van der Waals surface area contributed by atoms with Crippen LogP contribution in [0.2, 0.25) is 0 Å². The number of hydrogen-bond donors (Lipinski definition) is 1. The molecule has 0 aromatic rings. The van der Waals surface area contributed by atoms with Crippen LogP contribution < -0.4 is 5.32 Å². The van der Waals surface area contributed by atoms with Gasteiger partial charge in [-0.25, -0.2) is 0 Å². The Hall–Kier alpha value is -0.650. The molecule has 100 valence electrons. The van der Waals surface area contributed by atoms with Gasteiger partial charge in [-0.1, -0.05) is 0 Å². The summed E-state index contributed by atoms with van der Waals surface area (Å²) in [7, 11) is 3.79. The molecule has 0 spiro atoms. The third-order valence-electron chi connectivity index (χ3n) is 3.12. The molecule has 5 heteroatoms. The molecular formula is C12H25N3O2. The lowest BCUT2D eigenvalue weighted by Crippen LogP contribution is -2.44. The van der Waals surface area contributed by atoms with Gasteiger partial charge in [-0.05, 0) is 26.4 Å². The van der Waals surface area contributed by atoms with Crippen LogP contribution >= 0.6 is 0 Å². The predicted molar refractivity (Wildman–Crippen MR) is 68.1 cm³/mol. The number of unbranched alkanes of at least 4 members (excludes halogenated alkanes) is 1. The molecule has 1 heterocycles. The summed E-state index contributed by atoms with van der Waals surface area (Å²) in [4.78, 5) is 15.7. The number of rotatable bonds is 7. The second kappa shape index (κ2) is 8.44. The molecule has 1 amide bonds. The Kier molecular flexibility index (Phi) is 7.16. The van der Waals surface area contributed by atoms with Gasteiger partial charge in [-0.15, -0.1) is 0 Å². The summed E-state index contributed by atoms with van der Waals surface area (Å²) in [5.41, 5.74) is 0. The lowest BCUT2D eigenvalue weighted by atomic mass is 10.2.